The molecule has 2 aliphatic heterocycles. The molecular formula is C23H27FN4O2. The van der Waals surface area contributed by atoms with Gasteiger partial charge in [0.1, 0.15) is 11.6 Å². The third kappa shape index (κ3) is 3.55. The van der Waals surface area contributed by atoms with Crippen LogP contribution in [0.5, 0.6) is 0 Å². The van der Waals surface area contributed by atoms with Gasteiger partial charge in [0.25, 0.3) is 5.56 Å². The van der Waals surface area contributed by atoms with E-state index in [1.165, 1.54) is 0 Å². The summed E-state index contributed by atoms with van der Waals surface area (Å²) in [5.74, 6) is -5.85. The van der Waals surface area contributed by atoms with E-state index in [4.69, 9.17) is 31.9 Å². The minimum absolute atomic E-state index is 0.0482. The highest BCUT2D eigenvalue weighted by molar-refractivity contribution is 5.79. The van der Waals surface area contributed by atoms with Crippen LogP contribution in [-0.2, 0) is 19.3 Å². The van der Waals surface area contributed by atoms with Crippen LogP contribution in [-0.4, -0.2) is 39.1 Å². The Balaban J connectivity index is 1.70. The molecule has 2 aromatic heterocycles. The van der Waals surface area contributed by atoms with Crippen LogP contribution in [0.2, 0.25) is 0 Å². The Kier molecular flexibility index (Phi) is 1.92. The van der Waals surface area contributed by atoms with Crippen molar-refractivity contribution in [3.63, 3.8) is 0 Å². The molecular weight excluding hydrogens is 383 g/mol. The minimum atomic E-state index is -3.79. The zero-order valence-corrected chi connectivity index (χ0v) is 15.1. The predicted octanol–water partition coefficient (Wildman–Crippen LogP) is 3.59. The fraction of sp³-hybridized carbons (Fsp3) is 0.522. The number of benzene rings is 1. The van der Waals surface area contributed by atoms with Gasteiger partial charge in [-0.3, -0.25) is 9.36 Å². The van der Waals surface area contributed by atoms with E-state index in [1.54, 1.807) is 0 Å². The van der Waals surface area contributed by atoms with E-state index in [-0.39, 0.29) is 20.4 Å². The Morgan fingerprint density at radius 1 is 1.33 bits per heavy atom. The van der Waals surface area contributed by atoms with E-state index in [1.807, 2.05) is 0 Å². The van der Waals surface area contributed by atoms with Gasteiger partial charge in [0.2, 0.25) is 0 Å². The average Bonchev–Trinajstić information content (AvgIpc) is 3.37. The van der Waals surface area contributed by atoms with Crippen molar-refractivity contribution in [1.29, 1.82) is 0 Å². The lowest BCUT2D eigenvalue weighted by atomic mass is 9.91. The summed E-state index contributed by atoms with van der Waals surface area (Å²) < 4.78 is 187. The van der Waals surface area contributed by atoms with Gasteiger partial charge >= 0.3 is 0 Å². The van der Waals surface area contributed by atoms with Crippen LogP contribution in [0, 0.1) is 12.7 Å². The molecule has 0 unspecified atom stereocenters. The van der Waals surface area contributed by atoms with Crippen molar-refractivity contribution < 1.29 is 36.3 Å². The SMILES string of the molecule is [2H]C([2H])([2H])c1nc2n(c(=O)c1CCN1C([2H])([2H])C([2H])([2H])C([2H])(c3noc4cc(F)ccc34)C([2H])([2H])C1([2H])[2H])C([2H])([2H])C([2H])([2H])C([2H])([2H])C2([2H])[2H]. The van der Waals surface area contributed by atoms with Crippen molar-refractivity contribution in [2.75, 3.05) is 19.5 Å². The van der Waals surface area contributed by atoms with Crippen molar-refractivity contribution in [2.45, 2.75) is 57.5 Å². The molecule has 1 fully saturated rings. The summed E-state index contributed by atoms with van der Waals surface area (Å²) in [6, 6.07) is 2.58. The molecule has 0 aliphatic carbocycles. The van der Waals surface area contributed by atoms with Crippen molar-refractivity contribution in [3.05, 3.63) is 57.1 Å². The molecule has 3 aromatic rings. The maximum Gasteiger partial charge on any atom is 0.256 e. The Morgan fingerprint density at radius 2 is 2.20 bits per heavy atom. The van der Waals surface area contributed by atoms with Crippen molar-refractivity contribution in [1.82, 2.24) is 19.6 Å². The Morgan fingerprint density at radius 3 is 3.03 bits per heavy atom. The van der Waals surface area contributed by atoms with Gasteiger partial charge in [-0.05, 0) is 63.9 Å². The number of likely N-dealkylation sites (tertiary alicyclic amines) is 1. The molecule has 2 aliphatic rings. The van der Waals surface area contributed by atoms with Crippen LogP contribution in [0.25, 0.3) is 11.0 Å². The number of hydrogen-bond donors (Lipinski definition) is 0. The van der Waals surface area contributed by atoms with E-state index in [0.717, 1.165) is 18.2 Å². The highest BCUT2D eigenvalue weighted by atomic mass is 19.1. The second-order valence-corrected chi connectivity index (χ2v) is 6.31. The molecule has 0 atom stereocenters. The van der Waals surface area contributed by atoms with Crippen LogP contribution in [0.3, 0.4) is 0 Å². The van der Waals surface area contributed by atoms with Gasteiger partial charge in [-0.2, -0.15) is 0 Å². The number of nitrogens with zero attached hydrogens (tertiary/aromatic N) is 4. The lowest BCUT2D eigenvalue weighted by Gasteiger charge is -2.31. The third-order valence-corrected chi connectivity index (χ3v) is 4.47. The zero-order chi connectivity index (χ0) is 38.4. The monoisotopic (exact) mass is 430 g/mol. The molecule has 158 valence electrons. The fourth-order valence-electron chi connectivity index (χ4n) is 2.99. The molecule has 0 radical (unpaired) electrons. The summed E-state index contributed by atoms with van der Waals surface area (Å²) in [5, 5.41) is 3.18. The van der Waals surface area contributed by atoms with E-state index in [9.17, 15) is 9.18 Å². The number of rotatable bonds is 4. The molecule has 0 amide bonds. The van der Waals surface area contributed by atoms with Crippen molar-refractivity contribution >= 4 is 11.0 Å². The van der Waals surface area contributed by atoms with Gasteiger partial charge in [-0.1, -0.05) is 5.16 Å². The molecule has 1 saturated heterocycles. The van der Waals surface area contributed by atoms with Crippen LogP contribution in [0.4, 0.5) is 4.39 Å². The average molecular weight is 431 g/mol. The van der Waals surface area contributed by atoms with E-state index >= 15 is 0 Å². The smallest absolute Gasteiger partial charge is 0.256 e. The lowest BCUT2D eigenvalue weighted by molar-refractivity contribution is 0.211. The molecule has 0 N–H and O–H groups in total. The summed E-state index contributed by atoms with van der Waals surface area (Å²) in [4.78, 5) is 17.4. The van der Waals surface area contributed by atoms with Gasteiger partial charge in [-0.15, -0.1) is 0 Å². The number of fused-ring (bicyclic) bond motifs is 2. The molecule has 1 aromatic carbocycles. The fourth-order valence-corrected chi connectivity index (χ4v) is 2.99. The zero-order valence-electron chi connectivity index (χ0n) is 35.1. The molecule has 0 spiro atoms. The number of halogens is 1. The molecule has 30 heavy (non-hydrogen) atoms. The molecule has 0 saturated carbocycles. The first-order chi connectivity index (χ1) is 22.2. The van der Waals surface area contributed by atoms with Crippen LogP contribution >= 0.6 is 0 Å². The normalized spacial score (nSPS) is 42.8. The topological polar surface area (TPSA) is 64.2 Å². The summed E-state index contributed by atoms with van der Waals surface area (Å²) >= 11 is 0. The van der Waals surface area contributed by atoms with Gasteiger partial charge < -0.3 is 9.42 Å². The van der Waals surface area contributed by atoms with E-state index in [2.05, 4.69) is 10.1 Å². The summed E-state index contributed by atoms with van der Waals surface area (Å²) in [5.41, 5.74) is -5.38. The molecule has 5 rings (SSSR count). The lowest BCUT2D eigenvalue weighted by Crippen LogP contribution is -2.37. The number of aromatic nitrogens is 3. The summed E-state index contributed by atoms with van der Waals surface area (Å²) in [6.07, 6.45) is -19.8. The second-order valence-electron chi connectivity index (χ2n) is 6.31. The maximum absolute atomic E-state index is 13.9. The Bertz CT molecular complexity index is 1920. The molecule has 0 bridgehead atoms. The summed E-state index contributed by atoms with van der Waals surface area (Å²) in [7, 11) is 0. The number of piperidine rings is 1. The minimum Gasteiger partial charge on any atom is -0.356 e. The van der Waals surface area contributed by atoms with E-state index in [0.29, 0.717) is 0 Å². The molecule has 6 nitrogen and oxygen atoms in total. The quantitative estimate of drug-likeness (QED) is 0.633. The van der Waals surface area contributed by atoms with Gasteiger partial charge in [0.05, 0.1) is 5.69 Å². The van der Waals surface area contributed by atoms with Crippen LogP contribution in [0.1, 0.15) is 81.6 Å². The summed E-state index contributed by atoms with van der Waals surface area (Å²) in [6.45, 7) is -15.9. The first kappa shape index (κ1) is 7.26. The number of hydrogen-bond acceptors (Lipinski definition) is 5. The van der Waals surface area contributed by atoms with Gasteiger partial charge in [-0.25, -0.2) is 9.37 Å². The highest BCUT2D eigenvalue weighted by Crippen LogP contribution is 2.32. The van der Waals surface area contributed by atoms with Crippen LogP contribution in [0.15, 0.2) is 27.5 Å². The van der Waals surface area contributed by atoms with Crippen molar-refractivity contribution in [2.24, 2.45) is 0 Å². The first-order valence-corrected chi connectivity index (χ1v) is 8.73. The van der Waals surface area contributed by atoms with Crippen molar-refractivity contribution in [3.8, 4) is 0 Å². The Hall–Kier alpha value is -2.54. The first-order valence-electron chi connectivity index (χ1n) is 18.7. The highest BCUT2D eigenvalue weighted by Gasteiger charge is 2.25. The second kappa shape index (κ2) is 7.95. The molecule has 7 heteroatoms. The van der Waals surface area contributed by atoms with Crippen LogP contribution < -0.4 is 5.56 Å². The largest absolute Gasteiger partial charge is 0.356 e. The maximum atomic E-state index is 13.9. The molecule has 4 heterocycles. The van der Waals surface area contributed by atoms with Gasteiger partial charge in [0, 0.05) is 75.4 Å². The third-order valence-electron chi connectivity index (χ3n) is 4.47. The van der Waals surface area contributed by atoms with E-state index < -0.39 is 111 Å². The standard InChI is InChI=1S/C23H27FN4O2/c1-15-18(23(29)28-10-3-2-4-21(28)25-15)9-13-27-11-7-16(8-12-27)22-19-6-5-17(24)14-20(19)30-26-22/h5-6,14,16H,2-4,7-13H2,1H3/i1D3,2D2,3D2,4D2,7D2,8D2,10D2,11D2,12D2,16D. The predicted molar refractivity (Wildman–Crippen MR) is 112 cm³/mol. The number of aryl methyl sites for hydroxylation is 2. The van der Waals surface area contributed by atoms with Gasteiger partial charge in [0.15, 0.2) is 5.58 Å². The Labute approximate surface area is 202 Å².